The van der Waals surface area contributed by atoms with Gasteiger partial charge in [0.1, 0.15) is 23.8 Å². The van der Waals surface area contributed by atoms with E-state index in [-0.39, 0.29) is 6.42 Å². The topological polar surface area (TPSA) is 125 Å². The summed E-state index contributed by atoms with van der Waals surface area (Å²) in [6, 6.07) is 7.99. The molecule has 1 atom stereocenters. The monoisotopic (exact) mass is 386 g/mol. The molecular weight excluding hydrogens is 368 g/mol. The first kappa shape index (κ1) is 20.1. The van der Waals surface area contributed by atoms with Crippen molar-refractivity contribution in [3.05, 3.63) is 28.8 Å². The van der Waals surface area contributed by atoms with Crippen LogP contribution >= 0.6 is 11.3 Å². The molecule has 9 heteroatoms. The van der Waals surface area contributed by atoms with Crippen molar-refractivity contribution in [1.29, 1.82) is 10.5 Å². The van der Waals surface area contributed by atoms with Crippen LogP contribution in [0.5, 0.6) is 0 Å². The van der Waals surface area contributed by atoms with Gasteiger partial charge in [-0.05, 0) is 38.5 Å². The average molecular weight is 386 g/mol. The smallest absolute Gasteiger partial charge is 0.408 e. The van der Waals surface area contributed by atoms with Crippen molar-refractivity contribution in [2.24, 2.45) is 0 Å². The Morgan fingerprint density at radius 3 is 2.70 bits per heavy atom. The third-order valence-electron chi connectivity index (χ3n) is 3.24. The number of benzene rings is 1. The van der Waals surface area contributed by atoms with Crippen LogP contribution < -0.4 is 5.32 Å². The Hall–Kier alpha value is -3.17. The zero-order valence-corrected chi connectivity index (χ0v) is 15.9. The minimum Gasteiger partial charge on any atom is -0.449 e. The van der Waals surface area contributed by atoms with Gasteiger partial charge in [-0.2, -0.15) is 10.5 Å². The number of hydrogen-bond donors (Lipinski definition) is 1. The zero-order chi connectivity index (χ0) is 20.0. The molecule has 0 fully saturated rings. The van der Waals surface area contributed by atoms with Crippen molar-refractivity contribution in [3.8, 4) is 12.1 Å². The Kier molecular flexibility index (Phi) is 6.32. The molecule has 1 aromatic carbocycles. The second kappa shape index (κ2) is 8.47. The van der Waals surface area contributed by atoms with E-state index >= 15 is 0 Å². The summed E-state index contributed by atoms with van der Waals surface area (Å²) in [7, 11) is 0. The zero-order valence-electron chi connectivity index (χ0n) is 15.1. The van der Waals surface area contributed by atoms with E-state index in [4.69, 9.17) is 20.0 Å². The van der Waals surface area contributed by atoms with Crippen LogP contribution in [0, 0.1) is 22.7 Å². The molecule has 0 unspecified atom stereocenters. The van der Waals surface area contributed by atoms with Crippen LogP contribution in [0.3, 0.4) is 0 Å². The highest BCUT2D eigenvalue weighted by Gasteiger charge is 2.26. The standard InChI is InChI=1S/C18H18N4O4S/c1-18(2,3)26-17(24)22-13(16(23)25-7-6-19)8-11-4-5-12-14(9-11)27-15(10-20)21-12/h4-5,9,13H,7-8H2,1-3H3,(H,22,24)/t13-/m0/s1. The summed E-state index contributed by atoms with van der Waals surface area (Å²) in [6.45, 7) is 4.71. The van der Waals surface area contributed by atoms with Crippen LogP contribution in [-0.2, 0) is 20.7 Å². The molecule has 140 valence electrons. The number of nitrogens with one attached hydrogen (secondary N) is 1. The lowest BCUT2D eigenvalue weighted by atomic mass is 10.1. The van der Waals surface area contributed by atoms with E-state index in [0.29, 0.717) is 10.5 Å². The molecule has 0 spiro atoms. The fourth-order valence-corrected chi connectivity index (χ4v) is 3.05. The molecule has 1 amide bonds. The maximum atomic E-state index is 12.2. The highest BCUT2D eigenvalue weighted by atomic mass is 32.1. The predicted octanol–water partition coefficient (Wildman–Crippen LogP) is 2.67. The summed E-state index contributed by atoms with van der Waals surface area (Å²) in [4.78, 5) is 28.4. The SMILES string of the molecule is CC(C)(C)OC(=O)N[C@@H](Cc1ccc2nc(C#N)sc2c1)C(=O)OCC#N. The van der Waals surface area contributed by atoms with Crippen molar-refractivity contribution in [2.45, 2.75) is 38.8 Å². The molecule has 8 nitrogen and oxygen atoms in total. The lowest BCUT2D eigenvalue weighted by molar-refractivity contribution is -0.144. The highest BCUT2D eigenvalue weighted by Crippen LogP contribution is 2.23. The Bertz CT molecular complexity index is 933. The van der Waals surface area contributed by atoms with Crippen LogP contribution in [0.15, 0.2) is 18.2 Å². The number of nitriles is 2. The summed E-state index contributed by atoms with van der Waals surface area (Å²) >= 11 is 1.24. The summed E-state index contributed by atoms with van der Waals surface area (Å²) in [5.74, 6) is -0.732. The molecule has 0 aliphatic heterocycles. The van der Waals surface area contributed by atoms with Gasteiger partial charge in [-0.15, -0.1) is 11.3 Å². The van der Waals surface area contributed by atoms with E-state index in [1.807, 2.05) is 6.07 Å². The first-order valence-corrected chi connectivity index (χ1v) is 8.86. The number of esters is 1. The predicted molar refractivity (Wildman–Crippen MR) is 97.8 cm³/mol. The van der Waals surface area contributed by atoms with E-state index < -0.39 is 30.3 Å². The summed E-state index contributed by atoms with van der Waals surface area (Å²) < 4.78 is 10.8. The van der Waals surface area contributed by atoms with Crippen LogP contribution in [0.1, 0.15) is 31.3 Å². The number of aromatic nitrogens is 1. The van der Waals surface area contributed by atoms with Gasteiger partial charge in [0, 0.05) is 6.42 Å². The molecular formula is C18H18N4O4S. The summed E-state index contributed by atoms with van der Waals surface area (Å²) in [5, 5.41) is 20.4. The minimum absolute atomic E-state index is 0.138. The fraction of sp³-hybridized carbons (Fsp3) is 0.389. The number of alkyl carbamates (subject to hydrolysis) is 1. The number of rotatable bonds is 5. The minimum atomic E-state index is -1.02. The molecule has 2 aromatic rings. The summed E-state index contributed by atoms with van der Waals surface area (Å²) in [6.07, 6.45) is -0.619. The first-order chi connectivity index (χ1) is 12.7. The van der Waals surface area contributed by atoms with Gasteiger partial charge in [0.15, 0.2) is 11.6 Å². The normalized spacial score (nSPS) is 11.9. The molecule has 0 saturated heterocycles. The fourth-order valence-electron chi connectivity index (χ4n) is 2.23. The largest absolute Gasteiger partial charge is 0.449 e. The number of thiazole rings is 1. The third-order valence-corrected chi connectivity index (χ3v) is 4.17. The van der Waals surface area contributed by atoms with E-state index in [2.05, 4.69) is 10.3 Å². The summed E-state index contributed by atoms with van der Waals surface area (Å²) in [5.41, 5.74) is 0.704. The first-order valence-electron chi connectivity index (χ1n) is 8.04. The Labute approximate surface area is 160 Å². The maximum absolute atomic E-state index is 12.2. The number of carbonyl (C=O) groups is 2. The van der Waals surface area contributed by atoms with Gasteiger partial charge in [0.25, 0.3) is 0 Å². The molecule has 0 bridgehead atoms. The van der Waals surface area contributed by atoms with Crippen molar-refractivity contribution in [3.63, 3.8) is 0 Å². The van der Waals surface area contributed by atoms with Crippen LogP contribution in [-0.4, -0.2) is 35.3 Å². The van der Waals surface area contributed by atoms with Gasteiger partial charge in [0.2, 0.25) is 0 Å². The molecule has 1 N–H and O–H groups in total. The Balaban J connectivity index is 2.19. The Morgan fingerprint density at radius 2 is 2.07 bits per heavy atom. The van der Waals surface area contributed by atoms with Crippen LogP contribution in [0.4, 0.5) is 4.79 Å². The molecule has 0 aliphatic carbocycles. The van der Waals surface area contributed by atoms with Gasteiger partial charge in [-0.25, -0.2) is 14.6 Å². The number of carbonyl (C=O) groups excluding carboxylic acids is 2. The number of nitrogens with zero attached hydrogens (tertiary/aromatic N) is 3. The highest BCUT2D eigenvalue weighted by molar-refractivity contribution is 7.19. The molecule has 27 heavy (non-hydrogen) atoms. The van der Waals surface area contributed by atoms with E-state index in [9.17, 15) is 9.59 Å². The maximum Gasteiger partial charge on any atom is 0.408 e. The van der Waals surface area contributed by atoms with Crippen molar-refractivity contribution < 1.29 is 19.1 Å². The second-order valence-corrected chi connectivity index (χ2v) is 7.63. The molecule has 1 aromatic heterocycles. The van der Waals surface area contributed by atoms with Crippen LogP contribution in [0.25, 0.3) is 10.2 Å². The molecule has 0 radical (unpaired) electrons. The Morgan fingerprint density at radius 1 is 1.33 bits per heavy atom. The van der Waals surface area contributed by atoms with E-state index in [1.54, 1.807) is 45.0 Å². The number of hydrogen-bond acceptors (Lipinski definition) is 8. The van der Waals surface area contributed by atoms with Gasteiger partial charge in [-0.3, -0.25) is 0 Å². The number of ether oxygens (including phenoxy) is 2. The van der Waals surface area contributed by atoms with Crippen molar-refractivity contribution in [1.82, 2.24) is 10.3 Å². The third kappa shape index (κ3) is 5.94. The van der Waals surface area contributed by atoms with E-state index in [0.717, 1.165) is 10.3 Å². The lowest BCUT2D eigenvalue weighted by Gasteiger charge is -2.22. The molecule has 0 saturated carbocycles. The van der Waals surface area contributed by atoms with Crippen LogP contribution in [0.2, 0.25) is 0 Å². The van der Waals surface area contributed by atoms with Gasteiger partial charge >= 0.3 is 12.1 Å². The number of amides is 1. The second-order valence-electron chi connectivity index (χ2n) is 6.60. The number of fused-ring (bicyclic) bond motifs is 1. The average Bonchev–Trinajstić information content (AvgIpc) is 2.99. The molecule has 2 rings (SSSR count). The van der Waals surface area contributed by atoms with Gasteiger partial charge in [0.05, 0.1) is 10.2 Å². The van der Waals surface area contributed by atoms with Gasteiger partial charge in [-0.1, -0.05) is 6.07 Å². The molecule has 0 aliphatic rings. The lowest BCUT2D eigenvalue weighted by Crippen LogP contribution is -2.45. The molecule has 1 heterocycles. The van der Waals surface area contributed by atoms with Crippen molar-refractivity contribution >= 4 is 33.6 Å². The van der Waals surface area contributed by atoms with Crippen molar-refractivity contribution in [2.75, 3.05) is 6.61 Å². The van der Waals surface area contributed by atoms with Gasteiger partial charge < -0.3 is 14.8 Å². The quantitative estimate of drug-likeness (QED) is 0.783. The van der Waals surface area contributed by atoms with E-state index in [1.165, 1.54) is 11.3 Å².